The number of anilines is 1. The van der Waals surface area contributed by atoms with Crippen molar-refractivity contribution in [2.75, 3.05) is 12.0 Å². The highest BCUT2D eigenvalue weighted by Gasteiger charge is 2.44. The van der Waals surface area contributed by atoms with Gasteiger partial charge in [-0.1, -0.05) is 93.6 Å². The van der Waals surface area contributed by atoms with Gasteiger partial charge in [0.05, 0.1) is 17.4 Å². The van der Waals surface area contributed by atoms with E-state index in [0.717, 1.165) is 23.4 Å². The molecule has 5 heteroatoms. The smallest absolute Gasteiger partial charge is 0.248 e. The number of nitrogens with zero attached hydrogens (tertiary/aromatic N) is 2. The Morgan fingerprint density at radius 3 is 2.32 bits per heavy atom. The summed E-state index contributed by atoms with van der Waals surface area (Å²) in [6.07, 6.45) is 6.20. The van der Waals surface area contributed by atoms with Crippen LogP contribution in [0.2, 0.25) is 0 Å². The van der Waals surface area contributed by atoms with Crippen molar-refractivity contribution < 1.29 is 4.79 Å². The van der Waals surface area contributed by atoms with Crippen molar-refractivity contribution >= 4 is 11.6 Å². The predicted molar refractivity (Wildman–Crippen MR) is 149 cm³/mol. The number of benzene rings is 3. The maximum Gasteiger partial charge on any atom is 0.248 e. The van der Waals surface area contributed by atoms with E-state index < -0.39 is 5.41 Å². The second-order valence-corrected chi connectivity index (χ2v) is 11.3. The summed E-state index contributed by atoms with van der Waals surface area (Å²) in [7, 11) is 0. The summed E-state index contributed by atoms with van der Waals surface area (Å²) in [5.74, 6) is 0.120. The Morgan fingerprint density at radius 2 is 1.62 bits per heavy atom. The summed E-state index contributed by atoms with van der Waals surface area (Å²) in [6.45, 7) is 7.27. The van der Waals surface area contributed by atoms with Crippen molar-refractivity contribution in [1.82, 2.24) is 15.0 Å². The van der Waals surface area contributed by atoms with Crippen LogP contribution in [0.5, 0.6) is 0 Å². The molecule has 0 aliphatic carbocycles. The number of aromatic nitrogens is 2. The van der Waals surface area contributed by atoms with Crippen LogP contribution in [-0.2, 0) is 35.9 Å². The highest BCUT2D eigenvalue weighted by Crippen LogP contribution is 2.39. The molecule has 190 valence electrons. The summed E-state index contributed by atoms with van der Waals surface area (Å²) in [5, 5.41) is 1.85. The van der Waals surface area contributed by atoms with Crippen molar-refractivity contribution in [1.29, 1.82) is 0 Å². The molecule has 37 heavy (non-hydrogen) atoms. The molecular formula is C32H36N4O. The molecule has 1 aliphatic rings. The maximum atomic E-state index is 14.5. The quantitative estimate of drug-likeness (QED) is 0.326. The summed E-state index contributed by atoms with van der Waals surface area (Å²) in [6, 6.07) is 27.5. The van der Waals surface area contributed by atoms with Gasteiger partial charge in [0.1, 0.15) is 0 Å². The molecule has 0 spiro atoms. The van der Waals surface area contributed by atoms with E-state index in [-0.39, 0.29) is 11.3 Å². The molecule has 0 radical (unpaired) electrons. The van der Waals surface area contributed by atoms with Crippen LogP contribution in [0, 0.1) is 5.41 Å². The summed E-state index contributed by atoms with van der Waals surface area (Å²) in [5.41, 5.74) is 9.72. The van der Waals surface area contributed by atoms with Gasteiger partial charge in [-0.05, 0) is 53.0 Å². The molecule has 0 saturated carbocycles. The first-order valence-corrected chi connectivity index (χ1v) is 13.1. The number of H-pyrrole nitrogens is 1. The predicted octanol–water partition coefficient (Wildman–Crippen LogP) is 6.13. The fourth-order valence-electron chi connectivity index (χ4n) is 5.35. The molecule has 5 nitrogen and oxygen atoms in total. The lowest BCUT2D eigenvalue weighted by Gasteiger charge is -2.35. The van der Waals surface area contributed by atoms with Crippen LogP contribution in [0.25, 0.3) is 0 Å². The van der Waals surface area contributed by atoms with Crippen LogP contribution in [0.1, 0.15) is 48.7 Å². The van der Waals surface area contributed by atoms with Crippen LogP contribution in [0.3, 0.4) is 0 Å². The van der Waals surface area contributed by atoms with E-state index in [1.165, 1.54) is 16.7 Å². The second-order valence-electron chi connectivity index (χ2n) is 11.3. The van der Waals surface area contributed by atoms with Gasteiger partial charge in [0.2, 0.25) is 5.91 Å². The highest BCUT2D eigenvalue weighted by atomic mass is 16.2. The minimum absolute atomic E-state index is 0.0847. The standard InChI is InChI=1S/C32H36N4O/c1-31(2,3)27-15-13-25(14-16-27)19-32(21-28-22-33-23-34-28)20-26-11-7-8-12-29(26)35-36(30(32)37)18-17-24-9-5-4-6-10-24/h4-16,22-23,35H,17-21H2,1-3H3,(H,33,34). The molecule has 0 saturated heterocycles. The Labute approximate surface area is 219 Å². The minimum Gasteiger partial charge on any atom is -0.348 e. The monoisotopic (exact) mass is 492 g/mol. The van der Waals surface area contributed by atoms with Crippen molar-refractivity contribution in [2.45, 2.75) is 51.9 Å². The van der Waals surface area contributed by atoms with Gasteiger partial charge in [0.15, 0.2) is 0 Å². The lowest BCUT2D eigenvalue weighted by atomic mass is 9.72. The van der Waals surface area contributed by atoms with Crippen LogP contribution >= 0.6 is 0 Å². The number of hydrogen-bond acceptors (Lipinski definition) is 3. The zero-order valence-corrected chi connectivity index (χ0v) is 22.0. The number of amides is 1. The lowest BCUT2D eigenvalue weighted by Crippen LogP contribution is -2.49. The fourth-order valence-corrected chi connectivity index (χ4v) is 5.35. The number of para-hydroxylation sites is 1. The van der Waals surface area contributed by atoms with Crippen molar-refractivity contribution in [2.24, 2.45) is 5.41 Å². The van der Waals surface area contributed by atoms with Gasteiger partial charge in [-0.2, -0.15) is 0 Å². The second kappa shape index (κ2) is 10.3. The van der Waals surface area contributed by atoms with E-state index in [1.807, 2.05) is 35.5 Å². The Balaban J connectivity index is 1.53. The molecule has 0 fully saturated rings. The number of carbonyl (C=O) groups is 1. The van der Waals surface area contributed by atoms with Crippen molar-refractivity contribution in [3.05, 3.63) is 119 Å². The average Bonchev–Trinajstić information content (AvgIpc) is 3.36. The van der Waals surface area contributed by atoms with Crippen LogP contribution in [0.4, 0.5) is 5.69 Å². The number of aromatic amines is 1. The lowest BCUT2D eigenvalue weighted by molar-refractivity contribution is -0.140. The zero-order chi connectivity index (χ0) is 25.9. The molecule has 2 heterocycles. The van der Waals surface area contributed by atoms with Gasteiger partial charge in [-0.3, -0.25) is 15.2 Å². The molecule has 5 rings (SSSR count). The average molecular weight is 493 g/mol. The van der Waals surface area contributed by atoms with E-state index in [2.05, 4.69) is 90.8 Å². The number of carbonyl (C=O) groups excluding carboxylic acids is 1. The van der Waals surface area contributed by atoms with E-state index in [1.54, 1.807) is 6.33 Å². The number of fused-ring (bicyclic) bond motifs is 1. The molecule has 1 amide bonds. The largest absolute Gasteiger partial charge is 0.348 e. The normalized spacial score (nSPS) is 17.7. The van der Waals surface area contributed by atoms with Gasteiger partial charge in [0.25, 0.3) is 0 Å². The number of hydrazine groups is 1. The van der Waals surface area contributed by atoms with E-state index in [0.29, 0.717) is 25.8 Å². The summed E-state index contributed by atoms with van der Waals surface area (Å²) in [4.78, 5) is 22.1. The van der Waals surface area contributed by atoms with Gasteiger partial charge >= 0.3 is 0 Å². The van der Waals surface area contributed by atoms with Gasteiger partial charge in [0, 0.05) is 24.9 Å². The van der Waals surface area contributed by atoms with Crippen LogP contribution in [0.15, 0.2) is 91.4 Å². The first-order chi connectivity index (χ1) is 17.8. The number of rotatable bonds is 7. The highest BCUT2D eigenvalue weighted by molar-refractivity contribution is 5.86. The first kappa shape index (κ1) is 24.8. The topological polar surface area (TPSA) is 61.0 Å². The Kier molecular flexibility index (Phi) is 6.88. The number of nitrogens with one attached hydrogen (secondary N) is 2. The van der Waals surface area contributed by atoms with E-state index in [4.69, 9.17) is 0 Å². The van der Waals surface area contributed by atoms with Crippen molar-refractivity contribution in [3.8, 4) is 0 Å². The Morgan fingerprint density at radius 1 is 0.892 bits per heavy atom. The SMILES string of the molecule is CC(C)(C)c1ccc(CC2(Cc3cnc[nH]3)Cc3ccccc3NN(CCc3ccccc3)C2=O)cc1. The molecule has 0 bridgehead atoms. The molecule has 1 atom stereocenters. The van der Waals surface area contributed by atoms with Crippen molar-refractivity contribution in [3.63, 3.8) is 0 Å². The van der Waals surface area contributed by atoms with Gasteiger partial charge in [-0.15, -0.1) is 0 Å². The van der Waals surface area contributed by atoms with Crippen LogP contribution in [-0.4, -0.2) is 27.4 Å². The van der Waals surface area contributed by atoms with Gasteiger partial charge < -0.3 is 4.98 Å². The molecule has 1 unspecified atom stereocenters. The number of hydrogen-bond donors (Lipinski definition) is 2. The molecule has 2 N–H and O–H groups in total. The third-order valence-corrected chi connectivity index (χ3v) is 7.41. The maximum absolute atomic E-state index is 14.5. The summed E-state index contributed by atoms with van der Waals surface area (Å²) >= 11 is 0. The zero-order valence-electron chi connectivity index (χ0n) is 22.0. The number of imidazole rings is 1. The Bertz CT molecular complexity index is 1320. The molecular weight excluding hydrogens is 456 g/mol. The summed E-state index contributed by atoms with van der Waals surface area (Å²) < 4.78 is 0. The fraction of sp³-hybridized carbons (Fsp3) is 0.312. The molecule has 4 aromatic rings. The third-order valence-electron chi connectivity index (χ3n) is 7.41. The molecule has 1 aromatic heterocycles. The van der Waals surface area contributed by atoms with Gasteiger partial charge in [-0.25, -0.2) is 4.98 Å². The molecule has 3 aromatic carbocycles. The van der Waals surface area contributed by atoms with E-state index >= 15 is 0 Å². The Hall–Kier alpha value is -3.86. The first-order valence-electron chi connectivity index (χ1n) is 13.1. The van der Waals surface area contributed by atoms with E-state index in [9.17, 15) is 4.79 Å². The van der Waals surface area contributed by atoms with Crippen LogP contribution < -0.4 is 5.43 Å². The minimum atomic E-state index is -0.661. The molecule has 1 aliphatic heterocycles. The third kappa shape index (κ3) is 5.61.